The van der Waals surface area contributed by atoms with Crippen LogP contribution in [0.3, 0.4) is 0 Å². The van der Waals surface area contributed by atoms with E-state index in [1.165, 1.54) is 56.9 Å². The van der Waals surface area contributed by atoms with Gasteiger partial charge in [0.2, 0.25) is 0 Å². The summed E-state index contributed by atoms with van der Waals surface area (Å²) >= 11 is 0. The van der Waals surface area contributed by atoms with Gasteiger partial charge in [-0.05, 0) is 141 Å². The molecule has 1 aromatic carbocycles. The minimum absolute atomic E-state index is 0.608. The Labute approximate surface area is 205 Å². The van der Waals surface area contributed by atoms with Crippen LogP contribution in [0, 0.1) is 52.3 Å². The maximum atomic E-state index is 2.74. The third-order valence-corrected chi connectivity index (χ3v) is 11.6. The van der Waals surface area contributed by atoms with Gasteiger partial charge in [0.25, 0.3) is 0 Å². The van der Waals surface area contributed by atoms with Gasteiger partial charge in [-0.25, -0.2) is 0 Å². The van der Waals surface area contributed by atoms with Crippen molar-refractivity contribution in [2.24, 2.45) is 52.3 Å². The van der Waals surface area contributed by atoms with Gasteiger partial charge in [-0.3, -0.25) is 0 Å². The van der Waals surface area contributed by atoms with E-state index < -0.39 is 0 Å². The summed E-state index contributed by atoms with van der Waals surface area (Å²) in [4.78, 5) is 0. The fourth-order valence-corrected chi connectivity index (χ4v) is 9.97. The summed E-state index contributed by atoms with van der Waals surface area (Å²) in [6, 6.07) is 11.1. The monoisotopic (exact) mass is 446 g/mol. The Hall–Kier alpha value is -1.04. The summed E-state index contributed by atoms with van der Waals surface area (Å²) in [5, 5.41) is 0. The van der Waals surface area contributed by atoms with Crippen molar-refractivity contribution in [1.82, 2.24) is 0 Å². The maximum absolute atomic E-state index is 2.74. The van der Waals surface area contributed by atoms with Crippen LogP contribution in [0.25, 0.3) is 5.57 Å². The number of hydrogen-bond donors (Lipinski definition) is 0. The van der Waals surface area contributed by atoms with Crippen molar-refractivity contribution in [3.8, 4) is 0 Å². The highest BCUT2D eigenvalue weighted by Gasteiger charge is 2.57. The Morgan fingerprint density at radius 3 is 2.42 bits per heavy atom. The molecule has 4 fully saturated rings. The lowest BCUT2D eigenvalue weighted by molar-refractivity contribution is -0.0810. The lowest BCUT2D eigenvalue weighted by Gasteiger charge is -2.57. The highest BCUT2D eigenvalue weighted by Crippen LogP contribution is 2.66. The normalized spacial score (nSPS) is 41.1. The molecule has 0 nitrogen and oxygen atoms in total. The molecule has 0 aromatic heterocycles. The summed E-state index contributed by atoms with van der Waals surface area (Å²) in [6.45, 7) is 12.6. The molecule has 182 valence electrons. The van der Waals surface area contributed by atoms with E-state index in [2.05, 4.69) is 71.0 Å². The molecule has 0 bridgehead atoms. The quantitative estimate of drug-likeness (QED) is 0.422. The van der Waals surface area contributed by atoms with E-state index in [0.717, 1.165) is 41.4 Å². The second-order valence-corrected chi connectivity index (χ2v) is 13.8. The van der Waals surface area contributed by atoms with E-state index in [4.69, 9.17) is 0 Å². The predicted molar refractivity (Wildman–Crippen MR) is 143 cm³/mol. The number of hydrogen-bond acceptors (Lipinski definition) is 0. The summed E-state index contributed by atoms with van der Waals surface area (Å²) < 4.78 is 0. The Balaban J connectivity index is 1.24. The smallest absolute Gasteiger partial charge is 0.0228 e. The van der Waals surface area contributed by atoms with Crippen LogP contribution in [-0.2, 0) is 0 Å². The zero-order chi connectivity index (χ0) is 23.2. The minimum Gasteiger partial charge on any atom is -0.0838 e. The van der Waals surface area contributed by atoms with Gasteiger partial charge in [-0.2, -0.15) is 0 Å². The molecule has 0 N–H and O–H groups in total. The van der Waals surface area contributed by atoms with Gasteiger partial charge in [0.1, 0.15) is 0 Å². The van der Waals surface area contributed by atoms with Crippen molar-refractivity contribution in [2.75, 3.05) is 0 Å². The standard InChI is InChI=1S/C33H50/c1-6-24(25-10-8-7-9-11-25)13-12-23(2)30-16-17-31-29-15-14-26-22-32(3,4)20-18-27(26)28(29)19-21-33(30,31)5/h6-11,23,26-31H,12-22H2,1-5H3/b24-6+/t23-,26?,27+,28-,29-,30?,31+,33-/m1/s1. The van der Waals surface area contributed by atoms with E-state index in [0.29, 0.717) is 10.8 Å². The third-order valence-electron chi connectivity index (χ3n) is 11.6. The van der Waals surface area contributed by atoms with Crippen LogP contribution in [0.5, 0.6) is 0 Å². The largest absolute Gasteiger partial charge is 0.0838 e. The van der Waals surface area contributed by atoms with Crippen LogP contribution >= 0.6 is 0 Å². The van der Waals surface area contributed by atoms with E-state index in [1.54, 1.807) is 24.8 Å². The number of allylic oxidation sites excluding steroid dienone is 2. The molecule has 0 amide bonds. The van der Waals surface area contributed by atoms with Crippen molar-refractivity contribution in [1.29, 1.82) is 0 Å². The van der Waals surface area contributed by atoms with Gasteiger partial charge in [0, 0.05) is 0 Å². The molecule has 2 unspecified atom stereocenters. The second-order valence-electron chi connectivity index (χ2n) is 13.8. The fraction of sp³-hybridized carbons (Fsp3) is 0.758. The average Bonchev–Trinajstić information content (AvgIpc) is 3.16. The molecule has 0 heteroatoms. The molecule has 0 saturated heterocycles. The van der Waals surface area contributed by atoms with Gasteiger partial charge in [0.05, 0.1) is 0 Å². The third kappa shape index (κ3) is 4.38. The minimum atomic E-state index is 0.608. The molecule has 4 aliphatic carbocycles. The van der Waals surface area contributed by atoms with Crippen LogP contribution < -0.4 is 0 Å². The van der Waals surface area contributed by atoms with Crippen molar-refractivity contribution in [3.05, 3.63) is 42.0 Å². The zero-order valence-corrected chi connectivity index (χ0v) is 22.3. The first-order chi connectivity index (χ1) is 15.8. The Kier molecular flexibility index (Phi) is 6.60. The molecule has 5 rings (SSSR count). The summed E-state index contributed by atoms with van der Waals surface area (Å²) in [7, 11) is 0. The first-order valence-corrected chi connectivity index (χ1v) is 14.5. The van der Waals surface area contributed by atoms with Gasteiger partial charge in [-0.1, -0.05) is 64.1 Å². The molecule has 1 aromatic rings. The van der Waals surface area contributed by atoms with Crippen molar-refractivity contribution >= 4 is 5.57 Å². The zero-order valence-electron chi connectivity index (χ0n) is 22.3. The van der Waals surface area contributed by atoms with Crippen molar-refractivity contribution < 1.29 is 0 Å². The summed E-state index contributed by atoms with van der Waals surface area (Å²) in [5.41, 5.74) is 4.20. The average molecular weight is 447 g/mol. The highest BCUT2D eigenvalue weighted by atomic mass is 14.6. The van der Waals surface area contributed by atoms with E-state index >= 15 is 0 Å². The molecule has 4 saturated carbocycles. The summed E-state index contributed by atoms with van der Waals surface area (Å²) in [5.74, 6) is 7.06. The first-order valence-electron chi connectivity index (χ1n) is 14.5. The molecule has 4 aliphatic rings. The Bertz CT molecular complexity index is 831. The lowest BCUT2D eigenvalue weighted by atomic mass is 9.48. The van der Waals surface area contributed by atoms with Crippen LogP contribution in [0.2, 0.25) is 0 Å². The second kappa shape index (κ2) is 9.20. The molecule has 0 spiro atoms. The van der Waals surface area contributed by atoms with Gasteiger partial charge < -0.3 is 0 Å². The predicted octanol–water partition coefficient (Wildman–Crippen LogP) is 9.80. The number of rotatable bonds is 5. The molecule has 0 radical (unpaired) electrons. The van der Waals surface area contributed by atoms with E-state index in [9.17, 15) is 0 Å². The highest BCUT2D eigenvalue weighted by molar-refractivity contribution is 5.65. The Morgan fingerprint density at radius 2 is 1.67 bits per heavy atom. The number of benzene rings is 1. The lowest BCUT2D eigenvalue weighted by Crippen LogP contribution is -2.49. The maximum Gasteiger partial charge on any atom is -0.0228 e. The number of fused-ring (bicyclic) bond motifs is 5. The molecule has 0 heterocycles. The van der Waals surface area contributed by atoms with Crippen LogP contribution in [-0.4, -0.2) is 0 Å². The van der Waals surface area contributed by atoms with Crippen LogP contribution in [0.1, 0.15) is 111 Å². The van der Waals surface area contributed by atoms with Crippen LogP contribution in [0.4, 0.5) is 0 Å². The molecular formula is C33H50. The Morgan fingerprint density at radius 1 is 0.909 bits per heavy atom. The SMILES string of the molecule is C/C=C(\CC[C@@H](C)C1CC[C@H]2[C@@H]3CCC4CC(C)(C)CC[C@@H]4[C@H]3CC[C@]12C)c1ccccc1. The fourth-order valence-electron chi connectivity index (χ4n) is 9.97. The molecular weight excluding hydrogens is 396 g/mol. The van der Waals surface area contributed by atoms with E-state index in [1.807, 2.05) is 0 Å². The van der Waals surface area contributed by atoms with E-state index in [-0.39, 0.29) is 0 Å². The van der Waals surface area contributed by atoms with Crippen LogP contribution in [0.15, 0.2) is 36.4 Å². The molecule has 8 atom stereocenters. The topological polar surface area (TPSA) is 0 Å². The van der Waals surface area contributed by atoms with Gasteiger partial charge >= 0.3 is 0 Å². The van der Waals surface area contributed by atoms with Crippen molar-refractivity contribution in [2.45, 2.75) is 105 Å². The first kappa shape index (κ1) is 23.7. The van der Waals surface area contributed by atoms with Gasteiger partial charge in [0.15, 0.2) is 0 Å². The van der Waals surface area contributed by atoms with Crippen molar-refractivity contribution in [3.63, 3.8) is 0 Å². The molecule has 0 aliphatic heterocycles. The van der Waals surface area contributed by atoms with Gasteiger partial charge in [-0.15, -0.1) is 0 Å². The summed E-state index contributed by atoms with van der Waals surface area (Å²) in [6.07, 6.45) is 18.7. The molecule has 33 heavy (non-hydrogen) atoms.